The normalized spacial score (nSPS) is 12.7. The Bertz CT molecular complexity index is 3010. The lowest BCUT2D eigenvalue weighted by molar-refractivity contribution is 0.398. The van der Waals surface area contributed by atoms with Crippen LogP contribution in [0.15, 0.2) is 192 Å². The molecule has 0 aliphatic heterocycles. The van der Waals surface area contributed by atoms with Crippen molar-refractivity contribution in [2.75, 3.05) is 4.90 Å². The molecule has 0 spiro atoms. The van der Waals surface area contributed by atoms with Crippen molar-refractivity contribution >= 4 is 39.0 Å². The number of fused-ring (bicyclic) bond motifs is 6. The van der Waals surface area contributed by atoms with Gasteiger partial charge in [0.05, 0.1) is 0 Å². The molecule has 8 aromatic carbocycles. The van der Waals surface area contributed by atoms with Gasteiger partial charge in [0.15, 0.2) is 0 Å². The van der Waals surface area contributed by atoms with E-state index in [9.17, 15) is 0 Å². The van der Waals surface area contributed by atoms with Crippen LogP contribution in [0.1, 0.15) is 115 Å². The number of nitrogens with zero attached hydrogens (tertiary/aromatic N) is 1. The van der Waals surface area contributed by atoms with Gasteiger partial charge in [0, 0.05) is 38.8 Å². The molecule has 10 rings (SSSR count). The maximum absolute atomic E-state index is 6.40. The standard InChI is InChI=1S/C65H65NO/c1-3-5-7-9-11-20-45-65(46-21-12-10-8-6-4-2)61-29-18-16-25-57(61)58-44-43-55(47-62(58)65)66(53-39-35-50(36-40-53)48-23-14-13-15-24-48)54-41-37-51(38-42-54)49-31-33-52(34-32-49)56-27-22-28-60-59-26-17-19-30-63(59)67-64(56)60/h13-19,22-44,47H,3-12,20-21,45-46H2,1-2H3. The molecule has 1 aliphatic carbocycles. The lowest BCUT2D eigenvalue weighted by atomic mass is 9.70. The zero-order valence-corrected chi connectivity index (χ0v) is 39.7. The average molecular weight is 876 g/mol. The summed E-state index contributed by atoms with van der Waals surface area (Å²) in [7, 11) is 0. The molecule has 67 heavy (non-hydrogen) atoms. The van der Waals surface area contributed by atoms with E-state index >= 15 is 0 Å². The summed E-state index contributed by atoms with van der Waals surface area (Å²) >= 11 is 0. The van der Waals surface area contributed by atoms with E-state index in [4.69, 9.17) is 4.42 Å². The molecule has 0 fully saturated rings. The number of hydrogen-bond acceptors (Lipinski definition) is 2. The van der Waals surface area contributed by atoms with Crippen molar-refractivity contribution in [3.8, 4) is 44.5 Å². The van der Waals surface area contributed by atoms with Gasteiger partial charge in [0.25, 0.3) is 0 Å². The van der Waals surface area contributed by atoms with E-state index in [1.165, 1.54) is 135 Å². The van der Waals surface area contributed by atoms with Crippen LogP contribution in [0, 0.1) is 0 Å². The molecule has 2 nitrogen and oxygen atoms in total. The molecule has 1 aliphatic rings. The molecule has 0 saturated heterocycles. The van der Waals surface area contributed by atoms with E-state index in [-0.39, 0.29) is 5.41 Å². The molecule has 0 atom stereocenters. The van der Waals surface area contributed by atoms with Gasteiger partial charge in [-0.05, 0) is 105 Å². The summed E-state index contributed by atoms with van der Waals surface area (Å²) in [5, 5.41) is 2.31. The summed E-state index contributed by atoms with van der Waals surface area (Å²) in [4.78, 5) is 2.49. The maximum atomic E-state index is 6.40. The van der Waals surface area contributed by atoms with Crippen LogP contribution in [0.25, 0.3) is 66.4 Å². The fourth-order valence-corrected chi connectivity index (χ4v) is 11.2. The van der Waals surface area contributed by atoms with Gasteiger partial charge in [-0.2, -0.15) is 0 Å². The van der Waals surface area contributed by atoms with Gasteiger partial charge in [-0.15, -0.1) is 0 Å². The first-order valence-corrected chi connectivity index (χ1v) is 25.5. The second kappa shape index (κ2) is 20.5. The van der Waals surface area contributed by atoms with Crippen molar-refractivity contribution in [3.63, 3.8) is 0 Å². The smallest absolute Gasteiger partial charge is 0.143 e. The van der Waals surface area contributed by atoms with Gasteiger partial charge in [0.2, 0.25) is 0 Å². The Labute approximate surface area is 399 Å². The first-order chi connectivity index (χ1) is 33.1. The first kappa shape index (κ1) is 44.2. The van der Waals surface area contributed by atoms with Crippen LogP contribution in [-0.4, -0.2) is 0 Å². The van der Waals surface area contributed by atoms with E-state index in [0.717, 1.165) is 44.4 Å². The number of anilines is 3. The monoisotopic (exact) mass is 876 g/mol. The maximum Gasteiger partial charge on any atom is 0.143 e. The van der Waals surface area contributed by atoms with E-state index in [1.807, 2.05) is 6.07 Å². The Morgan fingerprint density at radius 2 is 0.836 bits per heavy atom. The summed E-state index contributed by atoms with van der Waals surface area (Å²) in [5.74, 6) is 0. The minimum absolute atomic E-state index is 0.00619. The highest BCUT2D eigenvalue weighted by Gasteiger charge is 2.42. The molecule has 1 heterocycles. The number of para-hydroxylation sites is 2. The summed E-state index contributed by atoms with van der Waals surface area (Å²) < 4.78 is 6.40. The van der Waals surface area contributed by atoms with Gasteiger partial charge < -0.3 is 9.32 Å². The fourth-order valence-electron chi connectivity index (χ4n) is 11.2. The SMILES string of the molecule is CCCCCCCCC1(CCCCCCCC)c2ccccc2-c2ccc(N(c3ccc(-c4ccccc4)cc3)c3ccc(-c4ccc(-c5cccc6c5oc5ccccc56)cc4)cc3)cc21. The molecular weight excluding hydrogens is 811 g/mol. The van der Waals surface area contributed by atoms with E-state index in [1.54, 1.807) is 5.56 Å². The van der Waals surface area contributed by atoms with Crippen molar-refractivity contribution < 1.29 is 4.42 Å². The number of benzene rings is 8. The Balaban J connectivity index is 1.01. The second-order valence-corrected chi connectivity index (χ2v) is 19.0. The number of unbranched alkanes of at least 4 members (excludes halogenated alkanes) is 10. The topological polar surface area (TPSA) is 16.4 Å². The molecule has 2 heteroatoms. The minimum Gasteiger partial charge on any atom is -0.455 e. The number of hydrogen-bond donors (Lipinski definition) is 0. The molecule has 0 unspecified atom stereocenters. The van der Waals surface area contributed by atoms with Crippen LogP contribution >= 0.6 is 0 Å². The average Bonchev–Trinajstić information content (AvgIpc) is 3.90. The Hall–Kier alpha value is -6.64. The third kappa shape index (κ3) is 9.12. The van der Waals surface area contributed by atoms with Gasteiger partial charge in [-0.1, -0.05) is 236 Å². The van der Waals surface area contributed by atoms with Crippen LogP contribution in [0.2, 0.25) is 0 Å². The lowest BCUT2D eigenvalue weighted by Crippen LogP contribution is -2.26. The van der Waals surface area contributed by atoms with E-state index < -0.39 is 0 Å². The van der Waals surface area contributed by atoms with E-state index in [0.29, 0.717) is 0 Å². The molecule has 0 N–H and O–H groups in total. The fraction of sp³-hybridized carbons (Fsp3) is 0.262. The van der Waals surface area contributed by atoms with Crippen LogP contribution in [-0.2, 0) is 5.41 Å². The number of furan rings is 1. The molecule has 0 radical (unpaired) electrons. The third-order valence-electron chi connectivity index (χ3n) is 14.7. The summed E-state index contributed by atoms with van der Waals surface area (Å²) in [6, 6.07) is 69.7. The quantitative estimate of drug-likeness (QED) is 0.0710. The summed E-state index contributed by atoms with van der Waals surface area (Å²) in [5.41, 5.74) is 18.4. The minimum atomic E-state index is 0.00619. The van der Waals surface area contributed by atoms with Crippen molar-refractivity contribution in [1.82, 2.24) is 0 Å². The highest BCUT2D eigenvalue weighted by atomic mass is 16.3. The summed E-state index contributed by atoms with van der Waals surface area (Å²) in [6.45, 7) is 4.64. The predicted octanol–water partition coefficient (Wildman–Crippen LogP) is 19.8. The van der Waals surface area contributed by atoms with Crippen LogP contribution < -0.4 is 4.90 Å². The summed E-state index contributed by atoms with van der Waals surface area (Å²) in [6.07, 6.45) is 18.2. The number of rotatable bonds is 20. The van der Waals surface area contributed by atoms with Crippen molar-refractivity contribution in [2.45, 2.75) is 109 Å². The Kier molecular flexibility index (Phi) is 13.5. The molecule has 0 bridgehead atoms. The van der Waals surface area contributed by atoms with E-state index in [2.05, 4.69) is 201 Å². The first-order valence-electron chi connectivity index (χ1n) is 25.5. The molecule has 9 aromatic rings. The van der Waals surface area contributed by atoms with Gasteiger partial charge in [-0.25, -0.2) is 0 Å². The van der Waals surface area contributed by atoms with Crippen LogP contribution in [0.3, 0.4) is 0 Å². The molecule has 0 saturated carbocycles. The predicted molar refractivity (Wildman–Crippen MR) is 287 cm³/mol. The highest BCUT2D eigenvalue weighted by molar-refractivity contribution is 6.09. The zero-order chi connectivity index (χ0) is 45.4. The lowest BCUT2D eigenvalue weighted by Gasteiger charge is -2.34. The largest absolute Gasteiger partial charge is 0.455 e. The highest BCUT2D eigenvalue weighted by Crippen LogP contribution is 2.56. The van der Waals surface area contributed by atoms with Crippen molar-refractivity contribution in [1.29, 1.82) is 0 Å². The van der Waals surface area contributed by atoms with Gasteiger partial charge >= 0.3 is 0 Å². The second-order valence-electron chi connectivity index (χ2n) is 19.0. The van der Waals surface area contributed by atoms with Crippen LogP contribution in [0.4, 0.5) is 17.1 Å². The van der Waals surface area contributed by atoms with Crippen molar-refractivity contribution in [3.05, 3.63) is 199 Å². The van der Waals surface area contributed by atoms with Crippen LogP contribution in [0.5, 0.6) is 0 Å². The molecule has 0 amide bonds. The van der Waals surface area contributed by atoms with Crippen molar-refractivity contribution in [2.24, 2.45) is 0 Å². The molecule has 1 aromatic heterocycles. The Morgan fingerprint density at radius 1 is 0.358 bits per heavy atom. The molecule has 336 valence electrons. The molecular formula is C65H65NO. The zero-order valence-electron chi connectivity index (χ0n) is 39.7. The third-order valence-corrected chi connectivity index (χ3v) is 14.7. The van der Waals surface area contributed by atoms with Gasteiger partial charge in [-0.3, -0.25) is 0 Å². The Morgan fingerprint density at radius 3 is 1.49 bits per heavy atom. The van der Waals surface area contributed by atoms with Gasteiger partial charge in [0.1, 0.15) is 11.2 Å².